The molecule has 0 aliphatic heterocycles. The highest BCUT2D eigenvalue weighted by Gasteiger charge is 2.16. The third-order valence-electron chi connectivity index (χ3n) is 4.25. The number of benzene rings is 1. The van der Waals surface area contributed by atoms with Gasteiger partial charge < -0.3 is 15.5 Å². The molecule has 0 saturated carbocycles. The molecule has 10 heteroatoms. The molecular weight excluding hydrogens is 398 g/mol. The molecule has 0 aliphatic rings. The number of nitrogens with zero attached hydrogens (tertiary/aromatic N) is 3. The first kappa shape index (κ1) is 20.6. The zero-order valence-corrected chi connectivity index (χ0v) is 16.5. The molecule has 29 heavy (non-hydrogen) atoms. The molecule has 9 nitrogen and oxygen atoms in total. The summed E-state index contributed by atoms with van der Waals surface area (Å²) in [6, 6.07) is 7.68. The summed E-state index contributed by atoms with van der Waals surface area (Å²) in [4.78, 5) is 23.3. The Labute approximate surface area is 171 Å². The molecule has 152 valence electrons. The van der Waals surface area contributed by atoms with E-state index in [0.717, 1.165) is 0 Å². The molecule has 0 bridgehead atoms. The second-order valence-electron chi connectivity index (χ2n) is 6.68. The van der Waals surface area contributed by atoms with E-state index in [1.165, 1.54) is 12.1 Å². The summed E-state index contributed by atoms with van der Waals surface area (Å²) in [6.07, 6.45) is 1.03. The molecule has 0 saturated heterocycles. The van der Waals surface area contributed by atoms with Crippen molar-refractivity contribution in [1.82, 2.24) is 25.3 Å². The molecule has 0 radical (unpaired) electrons. The largest absolute Gasteiger partial charge is 0.478 e. The minimum atomic E-state index is -1.09. The van der Waals surface area contributed by atoms with E-state index in [4.69, 9.17) is 16.7 Å². The second kappa shape index (κ2) is 8.46. The van der Waals surface area contributed by atoms with Gasteiger partial charge in [0, 0.05) is 17.8 Å². The van der Waals surface area contributed by atoms with Gasteiger partial charge in [0.2, 0.25) is 0 Å². The van der Waals surface area contributed by atoms with Crippen molar-refractivity contribution in [1.29, 1.82) is 0 Å². The van der Waals surface area contributed by atoms with Gasteiger partial charge in [-0.05, 0) is 38.1 Å². The molecule has 1 aromatic carbocycles. The predicted molar refractivity (Wildman–Crippen MR) is 106 cm³/mol. The number of rotatable bonds is 7. The fraction of sp³-hybridized carbons (Fsp3) is 0.263. The van der Waals surface area contributed by atoms with Crippen molar-refractivity contribution in [2.45, 2.75) is 32.5 Å². The quantitative estimate of drug-likeness (QED) is 0.466. The summed E-state index contributed by atoms with van der Waals surface area (Å²) in [5, 5.41) is 32.5. The molecule has 1 unspecified atom stereocenters. The van der Waals surface area contributed by atoms with Crippen molar-refractivity contribution in [3.8, 4) is 11.3 Å². The van der Waals surface area contributed by atoms with Crippen molar-refractivity contribution in [2.75, 3.05) is 0 Å². The number of amides is 1. The van der Waals surface area contributed by atoms with Gasteiger partial charge >= 0.3 is 5.97 Å². The fourth-order valence-electron chi connectivity index (χ4n) is 2.76. The molecule has 0 fully saturated rings. The van der Waals surface area contributed by atoms with Crippen molar-refractivity contribution in [2.24, 2.45) is 0 Å². The molecule has 0 aliphatic carbocycles. The standard InChI is InChI=1S/C19H20ClN5O4/c1-10(21-18(27)17-8-16(11(2)26)22-23-17)9-25-6-5-15(24-25)12-3-4-13(19(28)29)14(20)7-12/h3-8,10-11,26H,9H2,1-2H3,(H,21,27)(H,22,23)(H,28,29)/t10-,11?/m0/s1. The van der Waals surface area contributed by atoms with Crippen LogP contribution in [0.5, 0.6) is 0 Å². The fourth-order valence-corrected chi connectivity index (χ4v) is 3.02. The van der Waals surface area contributed by atoms with Crippen LogP contribution >= 0.6 is 11.6 Å². The van der Waals surface area contributed by atoms with Gasteiger partial charge in [-0.2, -0.15) is 10.2 Å². The van der Waals surface area contributed by atoms with E-state index in [1.807, 2.05) is 6.92 Å². The van der Waals surface area contributed by atoms with Crippen molar-refractivity contribution in [3.05, 3.63) is 58.5 Å². The number of carboxylic acids is 1. The van der Waals surface area contributed by atoms with Crippen LogP contribution in [0.1, 0.15) is 46.5 Å². The Balaban J connectivity index is 1.64. The van der Waals surface area contributed by atoms with Crippen LogP contribution in [0.2, 0.25) is 5.02 Å². The number of hydrogen-bond acceptors (Lipinski definition) is 5. The highest BCUT2D eigenvalue weighted by atomic mass is 35.5. The van der Waals surface area contributed by atoms with Gasteiger partial charge in [-0.25, -0.2) is 4.79 Å². The first-order chi connectivity index (χ1) is 13.7. The topological polar surface area (TPSA) is 133 Å². The van der Waals surface area contributed by atoms with Crippen LogP contribution in [0.15, 0.2) is 36.5 Å². The lowest BCUT2D eigenvalue weighted by atomic mass is 10.1. The monoisotopic (exact) mass is 417 g/mol. The Kier molecular flexibility index (Phi) is 6.00. The predicted octanol–water partition coefficient (Wildman–Crippen LogP) is 2.50. The molecule has 3 aromatic rings. The maximum absolute atomic E-state index is 12.3. The van der Waals surface area contributed by atoms with E-state index in [-0.39, 0.29) is 28.2 Å². The molecule has 2 aromatic heterocycles. The smallest absolute Gasteiger partial charge is 0.337 e. The van der Waals surface area contributed by atoms with E-state index in [0.29, 0.717) is 23.5 Å². The van der Waals surface area contributed by atoms with Crippen molar-refractivity contribution < 1.29 is 19.8 Å². The molecule has 1 amide bonds. The van der Waals surface area contributed by atoms with Gasteiger partial charge in [0.05, 0.1) is 34.6 Å². The number of aliphatic hydroxyl groups is 1. The summed E-state index contributed by atoms with van der Waals surface area (Å²) in [5.74, 6) is -1.45. The number of halogens is 1. The lowest BCUT2D eigenvalue weighted by molar-refractivity contribution is 0.0696. The average Bonchev–Trinajstić information content (AvgIpc) is 3.30. The van der Waals surface area contributed by atoms with Crippen LogP contribution in [-0.4, -0.2) is 48.1 Å². The molecular formula is C19H20ClN5O4. The third-order valence-corrected chi connectivity index (χ3v) is 4.57. The minimum absolute atomic E-state index is 0.0308. The summed E-state index contributed by atoms with van der Waals surface area (Å²) in [7, 11) is 0. The number of aromatic carboxylic acids is 1. The zero-order valence-electron chi connectivity index (χ0n) is 15.8. The summed E-state index contributed by atoms with van der Waals surface area (Å²) < 4.78 is 1.67. The zero-order chi connectivity index (χ0) is 21.1. The van der Waals surface area contributed by atoms with Crippen LogP contribution in [-0.2, 0) is 6.54 Å². The number of carbonyl (C=O) groups is 2. The van der Waals surface area contributed by atoms with Crippen LogP contribution in [0.4, 0.5) is 0 Å². The number of hydrogen-bond donors (Lipinski definition) is 4. The van der Waals surface area contributed by atoms with Crippen molar-refractivity contribution >= 4 is 23.5 Å². The summed E-state index contributed by atoms with van der Waals surface area (Å²) >= 11 is 6.02. The summed E-state index contributed by atoms with van der Waals surface area (Å²) in [6.45, 7) is 3.83. The van der Waals surface area contributed by atoms with Gasteiger partial charge in [-0.15, -0.1) is 0 Å². The first-order valence-electron chi connectivity index (χ1n) is 8.85. The Morgan fingerprint density at radius 1 is 1.28 bits per heavy atom. The highest BCUT2D eigenvalue weighted by Crippen LogP contribution is 2.24. The maximum Gasteiger partial charge on any atom is 0.337 e. The SMILES string of the molecule is CC(O)c1cc(C(=O)N[C@@H](C)Cn2ccc(-c3ccc(C(=O)O)c(Cl)c3)n2)n[nH]1. The van der Waals surface area contributed by atoms with Gasteiger partial charge in [0.15, 0.2) is 0 Å². The molecule has 0 spiro atoms. The number of aromatic nitrogens is 4. The number of H-pyrrole nitrogens is 1. The molecule has 3 rings (SSSR count). The van der Waals surface area contributed by atoms with Gasteiger partial charge in [0.1, 0.15) is 5.69 Å². The number of aromatic amines is 1. The third kappa shape index (κ3) is 4.82. The van der Waals surface area contributed by atoms with E-state index < -0.39 is 12.1 Å². The van der Waals surface area contributed by atoms with Crippen LogP contribution in [0.3, 0.4) is 0 Å². The Hall–Kier alpha value is -3.17. The molecule has 2 heterocycles. The van der Waals surface area contributed by atoms with E-state index in [9.17, 15) is 14.7 Å². The van der Waals surface area contributed by atoms with E-state index in [2.05, 4.69) is 20.6 Å². The van der Waals surface area contributed by atoms with E-state index in [1.54, 1.807) is 36.0 Å². The van der Waals surface area contributed by atoms with Crippen LogP contribution < -0.4 is 5.32 Å². The molecule has 4 N–H and O–H groups in total. The van der Waals surface area contributed by atoms with Gasteiger partial charge in [-0.1, -0.05) is 17.7 Å². The van der Waals surface area contributed by atoms with Crippen LogP contribution in [0, 0.1) is 0 Å². The minimum Gasteiger partial charge on any atom is -0.478 e. The van der Waals surface area contributed by atoms with Gasteiger partial charge in [-0.3, -0.25) is 14.6 Å². The number of aliphatic hydroxyl groups excluding tert-OH is 1. The lowest BCUT2D eigenvalue weighted by Gasteiger charge is -2.13. The number of carboxylic acid groups (broad SMARTS) is 1. The highest BCUT2D eigenvalue weighted by molar-refractivity contribution is 6.33. The lowest BCUT2D eigenvalue weighted by Crippen LogP contribution is -2.36. The van der Waals surface area contributed by atoms with Crippen molar-refractivity contribution in [3.63, 3.8) is 0 Å². The summed E-state index contributed by atoms with van der Waals surface area (Å²) in [5.41, 5.74) is 2.02. The Morgan fingerprint density at radius 3 is 2.66 bits per heavy atom. The number of carbonyl (C=O) groups excluding carboxylic acids is 1. The first-order valence-corrected chi connectivity index (χ1v) is 9.23. The number of nitrogens with one attached hydrogen (secondary N) is 2. The maximum atomic E-state index is 12.3. The second-order valence-corrected chi connectivity index (χ2v) is 7.09. The van der Waals surface area contributed by atoms with E-state index >= 15 is 0 Å². The van der Waals surface area contributed by atoms with Crippen LogP contribution in [0.25, 0.3) is 11.3 Å². The Bertz CT molecular complexity index is 1040. The average molecular weight is 418 g/mol. The van der Waals surface area contributed by atoms with Gasteiger partial charge in [0.25, 0.3) is 5.91 Å². The molecule has 2 atom stereocenters. The Morgan fingerprint density at radius 2 is 2.03 bits per heavy atom. The normalized spacial score (nSPS) is 13.1.